The molecule has 1 aromatic carbocycles. The molecule has 1 aliphatic carbocycles. The summed E-state index contributed by atoms with van der Waals surface area (Å²) in [6, 6.07) is 8.79. The number of piperidine rings is 1. The van der Waals surface area contributed by atoms with Gasteiger partial charge in [-0.2, -0.15) is 0 Å². The molecule has 0 saturated carbocycles. The second kappa shape index (κ2) is 5.19. The largest absolute Gasteiger partial charge is 0.370 e. The van der Waals surface area contributed by atoms with Gasteiger partial charge < -0.3 is 10.1 Å². The average Bonchev–Trinajstić information content (AvgIpc) is 2.40. The summed E-state index contributed by atoms with van der Waals surface area (Å²) in [4.78, 5) is 0. The Kier molecular flexibility index (Phi) is 3.44. The Balaban J connectivity index is 1.71. The van der Waals surface area contributed by atoms with Gasteiger partial charge in [-0.25, -0.2) is 0 Å². The Morgan fingerprint density at radius 3 is 2.76 bits per heavy atom. The van der Waals surface area contributed by atoms with Crippen molar-refractivity contribution in [2.75, 3.05) is 13.1 Å². The summed E-state index contributed by atoms with van der Waals surface area (Å²) in [5, 5.41) is 3.39. The molecule has 2 aliphatic rings. The summed E-state index contributed by atoms with van der Waals surface area (Å²) in [5.74, 6) is 0. The van der Waals surface area contributed by atoms with Crippen LogP contribution in [0.2, 0.25) is 0 Å². The van der Waals surface area contributed by atoms with E-state index in [2.05, 4.69) is 29.6 Å². The van der Waals surface area contributed by atoms with E-state index < -0.39 is 0 Å². The van der Waals surface area contributed by atoms with E-state index in [4.69, 9.17) is 4.74 Å². The highest BCUT2D eigenvalue weighted by Crippen LogP contribution is 2.34. The van der Waals surface area contributed by atoms with Crippen molar-refractivity contribution in [2.45, 2.75) is 44.3 Å². The van der Waals surface area contributed by atoms with Crippen LogP contribution in [0.1, 0.15) is 42.9 Å². The zero-order valence-corrected chi connectivity index (χ0v) is 10.3. The summed E-state index contributed by atoms with van der Waals surface area (Å²) in [5.41, 5.74) is 2.94. The van der Waals surface area contributed by atoms with Crippen molar-refractivity contribution in [1.29, 1.82) is 0 Å². The van der Waals surface area contributed by atoms with E-state index in [0.717, 1.165) is 13.1 Å². The van der Waals surface area contributed by atoms with Gasteiger partial charge in [-0.1, -0.05) is 24.3 Å². The number of hydrogen-bond donors (Lipinski definition) is 1. The molecule has 0 radical (unpaired) electrons. The summed E-state index contributed by atoms with van der Waals surface area (Å²) >= 11 is 0. The first-order valence-corrected chi connectivity index (χ1v) is 6.87. The highest BCUT2D eigenvalue weighted by Gasteiger charge is 2.24. The number of hydrogen-bond acceptors (Lipinski definition) is 2. The van der Waals surface area contributed by atoms with Gasteiger partial charge in [0.05, 0.1) is 12.2 Å². The maximum Gasteiger partial charge on any atom is 0.0831 e. The Morgan fingerprint density at radius 1 is 1.06 bits per heavy atom. The predicted octanol–water partition coefficient (Wildman–Crippen LogP) is 2.83. The third-order valence-corrected chi connectivity index (χ3v) is 3.96. The van der Waals surface area contributed by atoms with E-state index >= 15 is 0 Å². The van der Waals surface area contributed by atoms with Gasteiger partial charge >= 0.3 is 0 Å². The fourth-order valence-electron chi connectivity index (χ4n) is 3.01. The van der Waals surface area contributed by atoms with Crippen LogP contribution in [0.5, 0.6) is 0 Å². The second-order valence-electron chi connectivity index (χ2n) is 5.17. The average molecular weight is 231 g/mol. The summed E-state index contributed by atoms with van der Waals surface area (Å²) < 4.78 is 6.32. The minimum Gasteiger partial charge on any atom is -0.370 e. The van der Waals surface area contributed by atoms with Crippen LogP contribution in [-0.4, -0.2) is 19.2 Å². The lowest BCUT2D eigenvalue weighted by molar-refractivity contribution is -0.0356. The molecule has 1 aliphatic heterocycles. The number of benzene rings is 1. The van der Waals surface area contributed by atoms with Gasteiger partial charge in [0.1, 0.15) is 0 Å². The molecule has 0 amide bonds. The summed E-state index contributed by atoms with van der Waals surface area (Å²) in [7, 11) is 0. The lowest BCUT2D eigenvalue weighted by Gasteiger charge is -2.31. The molecular weight excluding hydrogens is 210 g/mol. The normalized spacial score (nSPS) is 25.5. The third kappa shape index (κ3) is 2.53. The van der Waals surface area contributed by atoms with E-state index in [-0.39, 0.29) is 0 Å². The molecule has 1 unspecified atom stereocenters. The molecule has 1 N–H and O–H groups in total. The molecule has 92 valence electrons. The number of rotatable bonds is 2. The van der Waals surface area contributed by atoms with Crippen LogP contribution in [0.3, 0.4) is 0 Å². The molecule has 17 heavy (non-hydrogen) atoms. The smallest absolute Gasteiger partial charge is 0.0831 e. The minimum absolute atomic E-state index is 0.350. The number of nitrogens with one attached hydrogen (secondary N) is 1. The van der Waals surface area contributed by atoms with E-state index in [1.54, 1.807) is 0 Å². The molecule has 1 fully saturated rings. The van der Waals surface area contributed by atoms with Crippen LogP contribution in [0.4, 0.5) is 0 Å². The van der Waals surface area contributed by atoms with Gasteiger partial charge in [-0.3, -0.25) is 0 Å². The standard InChI is InChI=1S/C15H21NO/c1-2-6-14-12(4-1)5-3-7-15(14)17-13-8-10-16-11-9-13/h1-2,4,6,13,15-16H,3,5,7-11H2. The highest BCUT2D eigenvalue weighted by molar-refractivity contribution is 5.31. The van der Waals surface area contributed by atoms with Crippen molar-refractivity contribution >= 4 is 0 Å². The molecule has 0 bridgehead atoms. The molecule has 2 nitrogen and oxygen atoms in total. The molecule has 2 heteroatoms. The monoisotopic (exact) mass is 231 g/mol. The first-order chi connectivity index (χ1) is 8.43. The van der Waals surface area contributed by atoms with E-state index in [0.29, 0.717) is 12.2 Å². The van der Waals surface area contributed by atoms with Crippen LogP contribution >= 0.6 is 0 Å². The van der Waals surface area contributed by atoms with E-state index in [1.165, 1.54) is 43.2 Å². The van der Waals surface area contributed by atoms with Crippen molar-refractivity contribution < 1.29 is 4.74 Å². The second-order valence-corrected chi connectivity index (χ2v) is 5.17. The van der Waals surface area contributed by atoms with Crippen LogP contribution in [0, 0.1) is 0 Å². The topological polar surface area (TPSA) is 21.3 Å². The first kappa shape index (κ1) is 11.2. The van der Waals surface area contributed by atoms with Crippen molar-refractivity contribution in [3.63, 3.8) is 0 Å². The molecular formula is C15H21NO. The number of aryl methyl sites for hydroxylation is 1. The first-order valence-electron chi connectivity index (χ1n) is 6.87. The summed E-state index contributed by atoms with van der Waals surface area (Å²) in [6.45, 7) is 2.22. The van der Waals surface area contributed by atoms with Gasteiger partial charge in [0.2, 0.25) is 0 Å². The quantitative estimate of drug-likeness (QED) is 0.845. The Morgan fingerprint density at radius 2 is 1.88 bits per heavy atom. The van der Waals surface area contributed by atoms with Crippen LogP contribution in [0.15, 0.2) is 24.3 Å². The molecule has 0 aromatic heterocycles. The zero-order valence-electron chi connectivity index (χ0n) is 10.3. The van der Waals surface area contributed by atoms with Gasteiger partial charge in [0.15, 0.2) is 0 Å². The minimum atomic E-state index is 0.350. The van der Waals surface area contributed by atoms with Gasteiger partial charge in [0.25, 0.3) is 0 Å². The zero-order chi connectivity index (χ0) is 11.5. The summed E-state index contributed by atoms with van der Waals surface area (Å²) in [6.07, 6.45) is 6.84. The Bertz CT molecular complexity index is 371. The maximum absolute atomic E-state index is 6.32. The third-order valence-electron chi connectivity index (χ3n) is 3.96. The number of ether oxygens (including phenoxy) is 1. The Labute approximate surface area is 103 Å². The lowest BCUT2D eigenvalue weighted by Crippen LogP contribution is -2.33. The van der Waals surface area contributed by atoms with Gasteiger partial charge in [0, 0.05) is 0 Å². The molecule has 1 aromatic rings. The van der Waals surface area contributed by atoms with Crippen LogP contribution in [-0.2, 0) is 11.2 Å². The van der Waals surface area contributed by atoms with Crippen LogP contribution in [0.25, 0.3) is 0 Å². The molecule has 1 saturated heterocycles. The van der Waals surface area contributed by atoms with Crippen molar-refractivity contribution in [1.82, 2.24) is 5.32 Å². The van der Waals surface area contributed by atoms with Gasteiger partial charge in [-0.05, 0) is 56.3 Å². The highest BCUT2D eigenvalue weighted by atomic mass is 16.5. The van der Waals surface area contributed by atoms with E-state index in [9.17, 15) is 0 Å². The SMILES string of the molecule is c1ccc2c(c1)CCCC2OC1CCNCC1. The molecule has 1 heterocycles. The molecule has 3 rings (SSSR count). The predicted molar refractivity (Wildman–Crippen MR) is 69.1 cm³/mol. The number of fused-ring (bicyclic) bond motifs is 1. The fraction of sp³-hybridized carbons (Fsp3) is 0.600. The molecule has 1 atom stereocenters. The van der Waals surface area contributed by atoms with Crippen molar-refractivity contribution in [2.24, 2.45) is 0 Å². The van der Waals surface area contributed by atoms with E-state index in [1.807, 2.05) is 0 Å². The fourth-order valence-corrected chi connectivity index (χ4v) is 3.01. The van der Waals surface area contributed by atoms with Crippen molar-refractivity contribution in [3.8, 4) is 0 Å². The van der Waals surface area contributed by atoms with Crippen molar-refractivity contribution in [3.05, 3.63) is 35.4 Å². The van der Waals surface area contributed by atoms with Gasteiger partial charge in [-0.15, -0.1) is 0 Å². The molecule has 0 spiro atoms. The van der Waals surface area contributed by atoms with Crippen LogP contribution < -0.4 is 5.32 Å². The maximum atomic E-state index is 6.32. The Hall–Kier alpha value is -0.860. The lowest BCUT2D eigenvalue weighted by atomic mass is 9.89.